The number of halogens is 2. The zero-order valence-corrected chi connectivity index (χ0v) is 15.1. The van der Waals surface area contributed by atoms with E-state index in [-0.39, 0.29) is 23.6 Å². The summed E-state index contributed by atoms with van der Waals surface area (Å²) in [4.78, 5) is 23.3. The minimum absolute atomic E-state index is 0.0658. The first-order valence-electron chi connectivity index (χ1n) is 8.68. The van der Waals surface area contributed by atoms with Crippen LogP contribution in [0, 0.1) is 17.2 Å². The number of amides is 1. The Balaban J connectivity index is 1.89. The Kier molecular flexibility index (Phi) is 4.07. The number of hydrogen-bond donors (Lipinski definition) is 1. The van der Waals surface area contributed by atoms with Crippen molar-refractivity contribution in [2.24, 2.45) is 5.92 Å². The molecule has 3 heterocycles. The molecule has 2 atom stereocenters. The number of carbonyl (C=O) groups is 1. The van der Waals surface area contributed by atoms with Crippen LogP contribution in [0.4, 0.5) is 14.6 Å². The van der Waals surface area contributed by atoms with E-state index in [4.69, 9.17) is 0 Å². The Morgan fingerprint density at radius 3 is 2.86 bits per heavy atom. The van der Waals surface area contributed by atoms with Crippen molar-refractivity contribution in [3.8, 4) is 11.9 Å². The molecule has 0 spiro atoms. The number of fused-ring (bicyclic) bond motifs is 1. The zero-order chi connectivity index (χ0) is 20.1. The second-order valence-electron chi connectivity index (χ2n) is 6.93. The molecule has 0 radical (unpaired) electrons. The first-order valence-corrected chi connectivity index (χ1v) is 8.68. The topological polar surface area (TPSA) is 96.5 Å². The van der Waals surface area contributed by atoms with E-state index in [1.807, 2.05) is 0 Å². The highest BCUT2D eigenvalue weighted by Crippen LogP contribution is 2.49. The van der Waals surface area contributed by atoms with Crippen molar-refractivity contribution < 1.29 is 13.6 Å². The summed E-state index contributed by atoms with van der Waals surface area (Å²) in [5.74, 6) is -3.41. The van der Waals surface area contributed by atoms with Crippen LogP contribution >= 0.6 is 0 Å². The SMILES string of the molecule is CC(=O)Nc1cc2c(cn1)c(C1CC1C#N)cn2-c1ccnc(C(C)(F)F)n1. The van der Waals surface area contributed by atoms with Gasteiger partial charge in [-0.25, -0.2) is 15.0 Å². The summed E-state index contributed by atoms with van der Waals surface area (Å²) in [6.07, 6.45) is 5.44. The zero-order valence-electron chi connectivity index (χ0n) is 15.1. The molecule has 7 nitrogen and oxygen atoms in total. The Bertz CT molecular complexity index is 1130. The van der Waals surface area contributed by atoms with E-state index >= 15 is 0 Å². The van der Waals surface area contributed by atoms with E-state index in [9.17, 15) is 18.8 Å². The summed E-state index contributed by atoms with van der Waals surface area (Å²) in [5, 5.41) is 12.6. The van der Waals surface area contributed by atoms with Crippen LogP contribution in [0.1, 0.15) is 37.6 Å². The smallest absolute Gasteiger partial charge is 0.303 e. The predicted molar refractivity (Wildman–Crippen MR) is 97.0 cm³/mol. The number of alkyl halides is 2. The maximum absolute atomic E-state index is 13.7. The number of aromatic nitrogens is 4. The van der Waals surface area contributed by atoms with Gasteiger partial charge in [0.2, 0.25) is 11.7 Å². The highest BCUT2D eigenvalue weighted by atomic mass is 19.3. The molecule has 0 aromatic carbocycles. The molecule has 3 aromatic heterocycles. The fourth-order valence-corrected chi connectivity index (χ4v) is 3.25. The van der Waals surface area contributed by atoms with Crippen molar-refractivity contribution >= 4 is 22.6 Å². The Labute approximate surface area is 159 Å². The van der Waals surface area contributed by atoms with Gasteiger partial charge in [0.1, 0.15) is 11.6 Å². The van der Waals surface area contributed by atoms with Crippen LogP contribution in [0.2, 0.25) is 0 Å². The van der Waals surface area contributed by atoms with Crippen LogP contribution in [0.15, 0.2) is 30.7 Å². The fourth-order valence-electron chi connectivity index (χ4n) is 3.25. The first kappa shape index (κ1) is 18.0. The number of nitriles is 1. The number of carbonyl (C=O) groups excluding carboxylic acids is 1. The largest absolute Gasteiger partial charge is 0.311 e. The number of pyridine rings is 1. The lowest BCUT2D eigenvalue weighted by Crippen LogP contribution is -2.14. The van der Waals surface area contributed by atoms with Crippen molar-refractivity contribution in [1.29, 1.82) is 5.26 Å². The second kappa shape index (κ2) is 6.34. The molecule has 3 aromatic rings. The molecule has 28 heavy (non-hydrogen) atoms. The van der Waals surface area contributed by atoms with Gasteiger partial charge in [0.25, 0.3) is 0 Å². The van der Waals surface area contributed by atoms with E-state index < -0.39 is 11.7 Å². The van der Waals surface area contributed by atoms with Gasteiger partial charge >= 0.3 is 5.92 Å². The van der Waals surface area contributed by atoms with Gasteiger partial charge in [0, 0.05) is 49.8 Å². The van der Waals surface area contributed by atoms with Crippen LogP contribution < -0.4 is 5.32 Å². The van der Waals surface area contributed by atoms with Gasteiger partial charge in [-0.05, 0) is 18.1 Å². The monoisotopic (exact) mass is 382 g/mol. The summed E-state index contributed by atoms with van der Waals surface area (Å²) >= 11 is 0. The fraction of sp³-hybridized carbons (Fsp3) is 0.316. The third-order valence-corrected chi connectivity index (χ3v) is 4.66. The van der Waals surface area contributed by atoms with Crippen LogP contribution in [0.5, 0.6) is 0 Å². The van der Waals surface area contributed by atoms with Gasteiger partial charge < -0.3 is 9.88 Å². The molecule has 142 valence electrons. The average Bonchev–Trinajstić information content (AvgIpc) is 3.33. The molecule has 9 heteroatoms. The first-order chi connectivity index (χ1) is 13.3. The Hall–Kier alpha value is -3.41. The summed E-state index contributed by atoms with van der Waals surface area (Å²) in [5.41, 5.74) is 1.56. The lowest BCUT2D eigenvalue weighted by atomic mass is 10.1. The Morgan fingerprint density at radius 1 is 1.43 bits per heavy atom. The van der Waals surface area contributed by atoms with E-state index in [1.54, 1.807) is 23.0 Å². The Morgan fingerprint density at radius 2 is 2.21 bits per heavy atom. The number of nitrogens with zero attached hydrogens (tertiary/aromatic N) is 5. The maximum atomic E-state index is 13.7. The third kappa shape index (κ3) is 3.17. The molecular formula is C19H16F2N6O. The van der Waals surface area contributed by atoms with Gasteiger partial charge in [0.15, 0.2) is 0 Å². The number of rotatable bonds is 4. The normalized spacial score (nSPS) is 18.7. The van der Waals surface area contributed by atoms with E-state index in [0.29, 0.717) is 11.3 Å². The van der Waals surface area contributed by atoms with Crippen molar-refractivity contribution in [1.82, 2.24) is 19.5 Å². The third-order valence-electron chi connectivity index (χ3n) is 4.66. The summed E-state index contributed by atoms with van der Waals surface area (Å²) in [7, 11) is 0. The quantitative estimate of drug-likeness (QED) is 0.745. The lowest BCUT2D eigenvalue weighted by molar-refractivity contribution is -0.114. The van der Waals surface area contributed by atoms with Crippen LogP contribution in [0.3, 0.4) is 0 Å². The van der Waals surface area contributed by atoms with Crippen LogP contribution in [0.25, 0.3) is 16.7 Å². The molecule has 4 rings (SSSR count). The minimum atomic E-state index is -3.17. The minimum Gasteiger partial charge on any atom is -0.311 e. The van der Waals surface area contributed by atoms with E-state index in [0.717, 1.165) is 24.3 Å². The van der Waals surface area contributed by atoms with Gasteiger partial charge in [-0.15, -0.1) is 0 Å². The standard InChI is InChI=1S/C19H16F2N6O/c1-10(28)25-16-6-15-13(8-24-16)14(12-5-11(12)7-22)9-27(15)17-3-4-23-18(26-17)19(2,20)21/h3-4,6,8-9,11-12H,5H2,1-2H3,(H,24,25,28). The molecule has 1 N–H and O–H groups in total. The van der Waals surface area contributed by atoms with Gasteiger partial charge in [0.05, 0.1) is 17.5 Å². The van der Waals surface area contributed by atoms with E-state index in [1.165, 1.54) is 19.2 Å². The molecular weight excluding hydrogens is 366 g/mol. The summed E-state index contributed by atoms with van der Waals surface area (Å²) in [6, 6.07) is 5.45. The number of anilines is 1. The van der Waals surface area contributed by atoms with Crippen LogP contribution in [-0.2, 0) is 10.7 Å². The highest BCUT2D eigenvalue weighted by molar-refractivity contribution is 5.92. The average molecular weight is 382 g/mol. The van der Waals surface area contributed by atoms with Crippen molar-refractivity contribution in [3.05, 3.63) is 42.1 Å². The lowest BCUT2D eigenvalue weighted by Gasteiger charge is -2.11. The molecule has 0 saturated heterocycles. The number of hydrogen-bond acceptors (Lipinski definition) is 5. The molecule has 1 aliphatic rings. The van der Waals surface area contributed by atoms with Crippen molar-refractivity contribution in [3.63, 3.8) is 0 Å². The van der Waals surface area contributed by atoms with Crippen LogP contribution in [-0.4, -0.2) is 25.4 Å². The molecule has 1 aliphatic carbocycles. The summed E-state index contributed by atoms with van der Waals surface area (Å²) in [6.45, 7) is 2.12. The predicted octanol–water partition coefficient (Wildman–Crippen LogP) is 3.51. The van der Waals surface area contributed by atoms with Gasteiger partial charge in [-0.3, -0.25) is 4.79 Å². The summed E-state index contributed by atoms with van der Waals surface area (Å²) < 4.78 is 29.0. The van der Waals surface area contributed by atoms with Gasteiger partial charge in [-0.2, -0.15) is 14.0 Å². The van der Waals surface area contributed by atoms with Crippen molar-refractivity contribution in [2.45, 2.75) is 32.1 Å². The van der Waals surface area contributed by atoms with E-state index in [2.05, 4.69) is 26.3 Å². The molecule has 1 saturated carbocycles. The molecule has 0 bridgehead atoms. The van der Waals surface area contributed by atoms with Crippen molar-refractivity contribution in [2.75, 3.05) is 5.32 Å². The second-order valence-corrected chi connectivity index (χ2v) is 6.93. The highest BCUT2D eigenvalue weighted by Gasteiger charge is 2.40. The molecule has 1 amide bonds. The molecule has 2 unspecified atom stereocenters. The number of nitrogens with one attached hydrogen (secondary N) is 1. The maximum Gasteiger partial charge on any atom is 0.303 e. The molecule has 1 fully saturated rings. The molecule has 0 aliphatic heterocycles. The van der Waals surface area contributed by atoms with Gasteiger partial charge in [-0.1, -0.05) is 0 Å².